The van der Waals surface area contributed by atoms with Crippen molar-refractivity contribution in [1.29, 1.82) is 0 Å². The number of rotatable bonds is 5. The van der Waals surface area contributed by atoms with Crippen LogP contribution < -0.4 is 18.9 Å². The molecule has 2 aromatic heterocycles. The second-order valence-corrected chi connectivity index (χ2v) is 6.68. The normalized spacial score (nSPS) is 14.6. The zero-order chi connectivity index (χ0) is 19.2. The molecule has 7 nitrogen and oxygen atoms in total. The van der Waals surface area contributed by atoms with Gasteiger partial charge in [0.15, 0.2) is 16.7 Å². The Bertz CT molecular complexity index is 1030. The van der Waals surface area contributed by atoms with E-state index in [2.05, 4.69) is 24.4 Å². The Balaban J connectivity index is 1.64. The molecule has 0 fully saturated rings. The first-order valence-corrected chi connectivity index (χ1v) is 8.88. The highest BCUT2D eigenvalue weighted by Crippen LogP contribution is 2.50. The third-order valence-corrected chi connectivity index (χ3v) is 5.00. The van der Waals surface area contributed by atoms with E-state index in [1.807, 2.05) is 6.92 Å². The standard InChI is InChI=1S/C17H15F2N3O4S/c1-8-10(20-5-4-11(8)23-2)7-27-16-21-9-6-12-14(26-17(18,19)25-12)15(24-3)13(9)22-16/h4-6H,7H2,1-3H3,(H,21,22). The summed E-state index contributed by atoms with van der Waals surface area (Å²) in [5.74, 6) is 1.17. The molecule has 0 spiro atoms. The molecule has 0 unspecified atom stereocenters. The van der Waals surface area contributed by atoms with Crippen molar-refractivity contribution in [3.63, 3.8) is 0 Å². The first kappa shape index (κ1) is 17.7. The van der Waals surface area contributed by atoms with Crippen LogP contribution >= 0.6 is 11.8 Å². The summed E-state index contributed by atoms with van der Waals surface area (Å²) in [6.45, 7) is 1.93. The van der Waals surface area contributed by atoms with Crippen LogP contribution in [0.5, 0.6) is 23.0 Å². The van der Waals surface area contributed by atoms with Gasteiger partial charge in [-0.05, 0) is 13.0 Å². The van der Waals surface area contributed by atoms with E-state index in [0.717, 1.165) is 17.0 Å². The molecule has 1 N–H and O–H groups in total. The van der Waals surface area contributed by atoms with Gasteiger partial charge in [-0.3, -0.25) is 4.98 Å². The fourth-order valence-electron chi connectivity index (χ4n) is 2.82. The van der Waals surface area contributed by atoms with Crippen molar-refractivity contribution in [2.24, 2.45) is 0 Å². The highest BCUT2D eigenvalue weighted by molar-refractivity contribution is 7.98. The Kier molecular flexibility index (Phi) is 4.22. The number of pyridine rings is 1. The van der Waals surface area contributed by atoms with Crippen molar-refractivity contribution in [1.82, 2.24) is 15.0 Å². The predicted molar refractivity (Wildman–Crippen MR) is 93.9 cm³/mol. The van der Waals surface area contributed by atoms with Gasteiger partial charge in [0, 0.05) is 23.6 Å². The second kappa shape index (κ2) is 6.45. The number of aromatic nitrogens is 3. The topological polar surface area (TPSA) is 78.5 Å². The van der Waals surface area contributed by atoms with Gasteiger partial charge in [0.25, 0.3) is 0 Å². The fourth-order valence-corrected chi connectivity index (χ4v) is 3.72. The number of fused-ring (bicyclic) bond motifs is 2. The minimum atomic E-state index is -3.72. The average molecular weight is 395 g/mol. The molecule has 1 aliphatic heterocycles. The molecule has 10 heteroatoms. The first-order chi connectivity index (χ1) is 12.9. The summed E-state index contributed by atoms with van der Waals surface area (Å²) in [6, 6.07) is 3.19. The zero-order valence-corrected chi connectivity index (χ0v) is 15.4. The molecule has 142 valence electrons. The highest BCUT2D eigenvalue weighted by Gasteiger charge is 2.46. The number of methoxy groups -OCH3 is 2. The van der Waals surface area contributed by atoms with Crippen LogP contribution in [0.3, 0.4) is 0 Å². The Morgan fingerprint density at radius 1 is 1.26 bits per heavy atom. The lowest BCUT2D eigenvalue weighted by molar-refractivity contribution is -0.287. The zero-order valence-electron chi connectivity index (χ0n) is 14.6. The number of thioether (sulfide) groups is 1. The highest BCUT2D eigenvalue weighted by atomic mass is 32.2. The van der Waals surface area contributed by atoms with E-state index < -0.39 is 6.29 Å². The molecule has 27 heavy (non-hydrogen) atoms. The molecule has 1 aliphatic rings. The molecule has 3 heterocycles. The van der Waals surface area contributed by atoms with Crippen molar-refractivity contribution in [2.75, 3.05) is 14.2 Å². The predicted octanol–water partition coefficient (Wildman–Crippen LogP) is 3.90. The van der Waals surface area contributed by atoms with Crippen LogP contribution in [0, 0.1) is 6.92 Å². The van der Waals surface area contributed by atoms with Crippen molar-refractivity contribution in [3.8, 4) is 23.0 Å². The quantitative estimate of drug-likeness (QED) is 0.657. The first-order valence-electron chi connectivity index (χ1n) is 7.89. The number of ether oxygens (including phenoxy) is 4. The van der Waals surface area contributed by atoms with E-state index in [4.69, 9.17) is 9.47 Å². The maximum Gasteiger partial charge on any atom is 0.586 e. The van der Waals surface area contributed by atoms with E-state index in [9.17, 15) is 8.78 Å². The smallest absolute Gasteiger partial charge is 0.496 e. The number of nitrogens with zero attached hydrogens (tertiary/aromatic N) is 2. The van der Waals surface area contributed by atoms with Gasteiger partial charge in [0.1, 0.15) is 11.3 Å². The van der Waals surface area contributed by atoms with E-state index in [0.29, 0.717) is 21.9 Å². The molecule has 0 aliphatic carbocycles. The Hall–Kier alpha value is -2.75. The summed E-state index contributed by atoms with van der Waals surface area (Å²) in [6.07, 6.45) is -2.04. The van der Waals surface area contributed by atoms with Crippen LogP contribution in [-0.2, 0) is 5.75 Å². The van der Waals surface area contributed by atoms with Crippen LogP contribution in [0.2, 0.25) is 0 Å². The third kappa shape index (κ3) is 3.09. The summed E-state index contributed by atoms with van der Waals surface area (Å²) < 4.78 is 46.3. The van der Waals surface area contributed by atoms with Crippen molar-refractivity contribution >= 4 is 22.8 Å². The van der Waals surface area contributed by atoms with E-state index in [1.165, 1.54) is 24.9 Å². The molecule has 1 aromatic carbocycles. The minimum absolute atomic E-state index is 0.113. The SMILES string of the molecule is COc1ccnc(CSc2nc3cc4c(c(OC)c3[nH]2)OC(F)(F)O4)c1C. The number of H-pyrrole nitrogens is 1. The number of hydrogen-bond donors (Lipinski definition) is 1. The summed E-state index contributed by atoms with van der Waals surface area (Å²) >= 11 is 1.42. The molecule has 4 rings (SSSR count). The number of nitrogens with one attached hydrogen (secondary N) is 1. The molecule has 0 atom stereocenters. The van der Waals surface area contributed by atoms with E-state index in [-0.39, 0.29) is 17.2 Å². The van der Waals surface area contributed by atoms with E-state index in [1.54, 1.807) is 19.4 Å². The Labute approximate surface area is 157 Å². The lowest BCUT2D eigenvalue weighted by Crippen LogP contribution is -2.26. The third-order valence-electron chi connectivity index (χ3n) is 4.11. The monoisotopic (exact) mass is 395 g/mol. The number of benzene rings is 1. The van der Waals surface area contributed by atoms with Gasteiger partial charge in [-0.1, -0.05) is 11.8 Å². The number of hydrogen-bond acceptors (Lipinski definition) is 7. The number of alkyl halides is 2. The number of halogens is 2. The molecule has 0 bridgehead atoms. The summed E-state index contributed by atoms with van der Waals surface area (Å²) in [4.78, 5) is 11.9. The van der Waals surface area contributed by atoms with Gasteiger partial charge >= 0.3 is 6.29 Å². The molecular formula is C17H15F2N3O4S. The van der Waals surface area contributed by atoms with Crippen LogP contribution in [0.1, 0.15) is 11.3 Å². The van der Waals surface area contributed by atoms with Gasteiger partial charge in [0.05, 0.1) is 25.4 Å². The molecule has 0 saturated heterocycles. The molecule has 0 saturated carbocycles. The average Bonchev–Trinajstić information content (AvgIpc) is 3.16. The van der Waals surface area contributed by atoms with Crippen molar-refractivity contribution in [3.05, 3.63) is 29.6 Å². The summed E-state index contributed by atoms with van der Waals surface area (Å²) in [5.41, 5.74) is 2.70. The molecule has 0 amide bonds. The van der Waals surface area contributed by atoms with E-state index >= 15 is 0 Å². The van der Waals surface area contributed by atoms with Crippen LogP contribution in [0.4, 0.5) is 8.78 Å². The van der Waals surface area contributed by atoms with Gasteiger partial charge in [-0.15, -0.1) is 8.78 Å². The van der Waals surface area contributed by atoms with Crippen molar-refractivity contribution in [2.45, 2.75) is 24.1 Å². The molecule has 0 radical (unpaired) electrons. The molecular weight excluding hydrogens is 380 g/mol. The van der Waals surface area contributed by atoms with Gasteiger partial charge < -0.3 is 23.9 Å². The number of aromatic amines is 1. The fraction of sp³-hybridized carbons (Fsp3) is 0.294. The maximum absolute atomic E-state index is 13.3. The number of imidazole rings is 1. The van der Waals surface area contributed by atoms with Crippen molar-refractivity contribution < 1.29 is 27.7 Å². The van der Waals surface area contributed by atoms with Gasteiger partial charge in [0.2, 0.25) is 5.75 Å². The maximum atomic E-state index is 13.3. The lowest BCUT2D eigenvalue weighted by Gasteiger charge is -2.08. The summed E-state index contributed by atoms with van der Waals surface area (Å²) in [7, 11) is 2.98. The van der Waals surface area contributed by atoms with Gasteiger partial charge in [-0.2, -0.15) is 0 Å². The summed E-state index contributed by atoms with van der Waals surface area (Å²) in [5, 5.41) is 0.586. The van der Waals surface area contributed by atoms with Crippen LogP contribution in [0.25, 0.3) is 11.0 Å². The van der Waals surface area contributed by atoms with Crippen LogP contribution in [-0.4, -0.2) is 35.5 Å². The lowest BCUT2D eigenvalue weighted by atomic mass is 10.2. The van der Waals surface area contributed by atoms with Gasteiger partial charge in [-0.25, -0.2) is 4.98 Å². The van der Waals surface area contributed by atoms with Crippen LogP contribution in [0.15, 0.2) is 23.5 Å². The molecule has 3 aromatic rings. The Morgan fingerprint density at radius 3 is 2.81 bits per heavy atom. The minimum Gasteiger partial charge on any atom is -0.496 e. The largest absolute Gasteiger partial charge is 0.586 e. The second-order valence-electron chi connectivity index (χ2n) is 5.71. The Morgan fingerprint density at radius 2 is 2.07 bits per heavy atom.